The first-order valence-corrected chi connectivity index (χ1v) is 7.63. The largest absolute Gasteiger partial charge is 0.487 e. The van der Waals surface area contributed by atoms with Gasteiger partial charge in [0.15, 0.2) is 0 Å². The highest BCUT2D eigenvalue weighted by molar-refractivity contribution is 5.33. The molecule has 0 radical (unpaired) electrons. The molecule has 0 saturated heterocycles. The quantitative estimate of drug-likeness (QED) is 0.760. The van der Waals surface area contributed by atoms with Gasteiger partial charge in [0.1, 0.15) is 23.7 Å². The monoisotopic (exact) mass is 309 g/mol. The van der Waals surface area contributed by atoms with E-state index in [1.807, 2.05) is 48.5 Å². The zero-order valence-electron chi connectivity index (χ0n) is 13.0. The van der Waals surface area contributed by atoms with Gasteiger partial charge in [-0.2, -0.15) is 0 Å². The first kappa shape index (κ1) is 15.2. The maximum Gasteiger partial charge on any atom is 0.132 e. The van der Waals surface area contributed by atoms with E-state index >= 15 is 0 Å². The van der Waals surface area contributed by atoms with E-state index in [-0.39, 0.29) is 6.61 Å². The molecule has 3 aromatic rings. The van der Waals surface area contributed by atoms with Crippen LogP contribution in [0.3, 0.4) is 0 Å². The number of benzene rings is 2. The molecule has 0 aliphatic heterocycles. The Hall–Kier alpha value is -2.66. The second-order valence-corrected chi connectivity index (χ2v) is 5.18. The molecule has 0 fully saturated rings. The topological polar surface area (TPSA) is 60.2 Å². The number of nitrogens with zero attached hydrogens (tertiary/aromatic N) is 3. The van der Waals surface area contributed by atoms with E-state index in [1.165, 1.54) is 5.56 Å². The predicted molar refractivity (Wildman–Crippen MR) is 87.4 cm³/mol. The summed E-state index contributed by atoms with van der Waals surface area (Å²) in [6.07, 6.45) is 0.961. The SMILES string of the molecule is CCc1cccc(OCc2c(CO)nnn2-c2ccccc2)c1. The molecule has 1 aromatic heterocycles. The van der Waals surface area contributed by atoms with Crippen molar-refractivity contribution in [3.8, 4) is 11.4 Å². The number of aryl methyl sites for hydroxylation is 1. The van der Waals surface area contributed by atoms with Crippen molar-refractivity contribution in [2.75, 3.05) is 0 Å². The minimum atomic E-state index is -0.166. The van der Waals surface area contributed by atoms with Crippen LogP contribution in [0.5, 0.6) is 5.75 Å². The third-order valence-corrected chi connectivity index (χ3v) is 3.68. The van der Waals surface area contributed by atoms with Crippen LogP contribution in [0.4, 0.5) is 0 Å². The van der Waals surface area contributed by atoms with Crippen LogP contribution in [0.1, 0.15) is 23.9 Å². The van der Waals surface area contributed by atoms with Gasteiger partial charge in [-0.05, 0) is 36.2 Å². The van der Waals surface area contributed by atoms with Gasteiger partial charge in [0.05, 0.1) is 12.3 Å². The Morgan fingerprint density at radius 3 is 2.65 bits per heavy atom. The van der Waals surface area contributed by atoms with Crippen molar-refractivity contribution in [3.63, 3.8) is 0 Å². The van der Waals surface area contributed by atoms with Gasteiger partial charge >= 0.3 is 0 Å². The number of rotatable bonds is 6. The Labute approximate surface area is 135 Å². The maximum atomic E-state index is 9.49. The summed E-state index contributed by atoms with van der Waals surface area (Å²) in [6.45, 7) is 2.24. The van der Waals surface area contributed by atoms with E-state index in [1.54, 1.807) is 4.68 Å². The van der Waals surface area contributed by atoms with Gasteiger partial charge in [0.2, 0.25) is 0 Å². The molecule has 5 nitrogen and oxygen atoms in total. The van der Waals surface area contributed by atoms with Crippen molar-refractivity contribution in [2.45, 2.75) is 26.6 Å². The molecule has 23 heavy (non-hydrogen) atoms. The fraction of sp³-hybridized carbons (Fsp3) is 0.222. The molecular formula is C18H19N3O2. The van der Waals surface area contributed by atoms with Gasteiger partial charge in [0, 0.05) is 0 Å². The highest BCUT2D eigenvalue weighted by Gasteiger charge is 2.14. The number of para-hydroxylation sites is 1. The van der Waals surface area contributed by atoms with Crippen molar-refractivity contribution in [3.05, 3.63) is 71.5 Å². The third-order valence-electron chi connectivity index (χ3n) is 3.68. The summed E-state index contributed by atoms with van der Waals surface area (Å²) in [5.74, 6) is 0.800. The molecule has 0 spiro atoms. The lowest BCUT2D eigenvalue weighted by Crippen LogP contribution is -2.07. The smallest absolute Gasteiger partial charge is 0.132 e. The maximum absolute atomic E-state index is 9.49. The minimum absolute atomic E-state index is 0.166. The Morgan fingerprint density at radius 1 is 1.09 bits per heavy atom. The summed E-state index contributed by atoms with van der Waals surface area (Å²) in [5.41, 5.74) is 3.39. The lowest BCUT2D eigenvalue weighted by molar-refractivity contribution is 0.263. The summed E-state index contributed by atoms with van der Waals surface area (Å²) in [4.78, 5) is 0. The number of hydrogen-bond acceptors (Lipinski definition) is 4. The van der Waals surface area contributed by atoms with E-state index in [4.69, 9.17) is 4.74 Å². The molecule has 0 aliphatic carbocycles. The molecule has 2 aromatic carbocycles. The second kappa shape index (κ2) is 7.07. The van der Waals surface area contributed by atoms with Crippen LogP contribution in [-0.4, -0.2) is 20.1 Å². The van der Waals surface area contributed by atoms with E-state index in [0.29, 0.717) is 12.3 Å². The average molecular weight is 309 g/mol. The summed E-state index contributed by atoms with van der Waals surface area (Å²) >= 11 is 0. The minimum Gasteiger partial charge on any atom is -0.487 e. The van der Waals surface area contributed by atoms with Crippen LogP contribution in [0.25, 0.3) is 5.69 Å². The van der Waals surface area contributed by atoms with E-state index in [9.17, 15) is 5.11 Å². The lowest BCUT2D eigenvalue weighted by Gasteiger charge is -2.10. The molecule has 1 N–H and O–H groups in total. The number of ether oxygens (including phenoxy) is 1. The number of aliphatic hydroxyl groups is 1. The van der Waals surface area contributed by atoms with Gasteiger partial charge < -0.3 is 9.84 Å². The number of hydrogen-bond donors (Lipinski definition) is 1. The zero-order chi connectivity index (χ0) is 16.1. The van der Waals surface area contributed by atoms with Crippen molar-refractivity contribution in [1.29, 1.82) is 0 Å². The average Bonchev–Trinajstić information content (AvgIpc) is 3.04. The number of aliphatic hydroxyl groups excluding tert-OH is 1. The van der Waals surface area contributed by atoms with Gasteiger partial charge in [-0.1, -0.05) is 42.5 Å². The molecule has 3 rings (SSSR count). The molecule has 0 bridgehead atoms. The summed E-state index contributed by atoms with van der Waals surface area (Å²) in [6, 6.07) is 17.7. The highest BCUT2D eigenvalue weighted by atomic mass is 16.5. The van der Waals surface area contributed by atoms with E-state index < -0.39 is 0 Å². The Kier molecular flexibility index (Phi) is 4.68. The summed E-state index contributed by atoms with van der Waals surface area (Å²) < 4.78 is 7.59. The Bertz CT molecular complexity index is 769. The molecule has 0 atom stereocenters. The second-order valence-electron chi connectivity index (χ2n) is 5.18. The third kappa shape index (κ3) is 3.40. The Morgan fingerprint density at radius 2 is 1.91 bits per heavy atom. The van der Waals surface area contributed by atoms with Gasteiger partial charge in [-0.25, -0.2) is 4.68 Å². The first-order chi connectivity index (χ1) is 11.3. The van der Waals surface area contributed by atoms with Crippen LogP contribution >= 0.6 is 0 Å². The molecular weight excluding hydrogens is 290 g/mol. The van der Waals surface area contributed by atoms with Crippen molar-refractivity contribution in [1.82, 2.24) is 15.0 Å². The fourth-order valence-corrected chi connectivity index (χ4v) is 2.38. The molecule has 5 heteroatoms. The van der Waals surface area contributed by atoms with Crippen molar-refractivity contribution in [2.24, 2.45) is 0 Å². The van der Waals surface area contributed by atoms with E-state index in [2.05, 4.69) is 23.3 Å². The normalized spacial score (nSPS) is 10.7. The van der Waals surface area contributed by atoms with Crippen LogP contribution < -0.4 is 4.74 Å². The molecule has 0 unspecified atom stereocenters. The highest BCUT2D eigenvalue weighted by Crippen LogP contribution is 2.18. The molecule has 0 amide bonds. The van der Waals surface area contributed by atoms with Crippen LogP contribution in [0.15, 0.2) is 54.6 Å². The van der Waals surface area contributed by atoms with Crippen LogP contribution in [0.2, 0.25) is 0 Å². The molecule has 118 valence electrons. The van der Waals surface area contributed by atoms with Crippen LogP contribution in [-0.2, 0) is 19.6 Å². The van der Waals surface area contributed by atoms with Gasteiger partial charge in [-0.3, -0.25) is 0 Å². The summed E-state index contributed by atoms with van der Waals surface area (Å²) in [5, 5.41) is 17.7. The molecule has 0 saturated carbocycles. The Balaban J connectivity index is 1.85. The summed E-state index contributed by atoms with van der Waals surface area (Å²) in [7, 11) is 0. The predicted octanol–water partition coefficient (Wildman–Crippen LogP) is 2.90. The van der Waals surface area contributed by atoms with Gasteiger partial charge in [-0.15, -0.1) is 5.10 Å². The molecule has 1 heterocycles. The van der Waals surface area contributed by atoms with Gasteiger partial charge in [0.25, 0.3) is 0 Å². The lowest BCUT2D eigenvalue weighted by atomic mass is 10.2. The first-order valence-electron chi connectivity index (χ1n) is 7.63. The number of aromatic nitrogens is 3. The van der Waals surface area contributed by atoms with E-state index in [0.717, 1.165) is 23.6 Å². The van der Waals surface area contributed by atoms with Crippen molar-refractivity contribution < 1.29 is 9.84 Å². The zero-order valence-corrected chi connectivity index (χ0v) is 13.0. The van der Waals surface area contributed by atoms with Crippen LogP contribution in [0, 0.1) is 0 Å². The van der Waals surface area contributed by atoms with Crippen molar-refractivity contribution >= 4 is 0 Å². The molecule has 0 aliphatic rings. The fourth-order valence-electron chi connectivity index (χ4n) is 2.38. The standard InChI is InChI=1S/C18H19N3O2/c1-2-14-7-6-10-16(11-14)23-13-18-17(12-22)19-20-21(18)15-8-4-3-5-9-15/h3-11,22H,2,12-13H2,1H3.